The van der Waals surface area contributed by atoms with Crippen LogP contribution >= 0.6 is 0 Å². The van der Waals surface area contributed by atoms with Crippen molar-refractivity contribution in [3.05, 3.63) is 29.8 Å². The van der Waals surface area contributed by atoms with Gasteiger partial charge < -0.3 is 14.9 Å². The maximum absolute atomic E-state index is 11.3. The highest BCUT2D eigenvalue weighted by Crippen LogP contribution is 2.48. The van der Waals surface area contributed by atoms with Crippen molar-refractivity contribution < 1.29 is 19.7 Å². The molecule has 0 radical (unpaired) electrons. The highest BCUT2D eigenvalue weighted by molar-refractivity contribution is 5.76. The summed E-state index contributed by atoms with van der Waals surface area (Å²) in [5.41, 5.74) is -2.10. The van der Waals surface area contributed by atoms with Gasteiger partial charge in [-0.05, 0) is 19.9 Å². The van der Waals surface area contributed by atoms with E-state index in [4.69, 9.17) is 4.74 Å². The van der Waals surface area contributed by atoms with Crippen LogP contribution in [0.3, 0.4) is 0 Å². The van der Waals surface area contributed by atoms with E-state index in [1.807, 2.05) is 0 Å². The summed E-state index contributed by atoms with van der Waals surface area (Å²) in [4.78, 5) is 11.3. The van der Waals surface area contributed by atoms with Crippen LogP contribution in [0.25, 0.3) is 0 Å². The van der Waals surface area contributed by atoms with Crippen LogP contribution in [0.5, 0.6) is 5.75 Å². The van der Waals surface area contributed by atoms with Gasteiger partial charge in [-0.15, -0.1) is 0 Å². The number of hydrogen-bond acceptors (Lipinski definition) is 3. The first-order valence-corrected chi connectivity index (χ1v) is 5.58. The number of carboxylic acid groups (broad SMARTS) is 1. The van der Waals surface area contributed by atoms with E-state index in [0.29, 0.717) is 17.9 Å². The molecule has 0 amide bonds. The average molecular weight is 236 g/mol. The van der Waals surface area contributed by atoms with Gasteiger partial charge in [-0.2, -0.15) is 0 Å². The second kappa shape index (κ2) is 3.74. The zero-order valence-electron chi connectivity index (χ0n) is 9.93. The Bertz CT molecular complexity index is 452. The van der Waals surface area contributed by atoms with Crippen LogP contribution < -0.4 is 4.74 Å². The van der Waals surface area contributed by atoms with Gasteiger partial charge >= 0.3 is 5.97 Å². The van der Waals surface area contributed by atoms with Gasteiger partial charge in [-0.1, -0.05) is 18.2 Å². The van der Waals surface area contributed by atoms with Crippen molar-refractivity contribution >= 4 is 5.97 Å². The normalized spacial score (nSPS) is 23.7. The molecule has 0 bridgehead atoms. The number of para-hydroxylation sites is 1. The number of fused-ring (bicyclic) bond motifs is 1. The van der Waals surface area contributed by atoms with E-state index in [1.54, 1.807) is 24.3 Å². The molecule has 1 aromatic rings. The Morgan fingerprint density at radius 2 is 2.06 bits per heavy atom. The van der Waals surface area contributed by atoms with Crippen LogP contribution in [0.4, 0.5) is 0 Å². The van der Waals surface area contributed by atoms with E-state index < -0.39 is 17.0 Å². The van der Waals surface area contributed by atoms with Crippen molar-refractivity contribution in [2.75, 3.05) is 6.61 Å². The van der Waals surface area contributed by atoms with Crippen LogP contribution in [0.1, 0.15) is 25.8 Å². The van der Waals surface area contributed by atoms with Gasteiger partial charge in [0, 0.05) is 12.0 Å². The summed E-state index contributed by atoms with van der Waals surface area (Å²) < 4.78 is 5.44. The van der Waals surface area contributed by atoms with Crippen molar-refractivity contribution in [3.8, 4) is 5.75 Å². The third-order valence-electron chi connectivity index (χ3n) is 3.62. The number of carboxylic acids is 1. The Hall–Kier alpha value is -1.55. The van der Waals surface area contributed by atoms with Gasteiger partial charge in [-0.3, -0.25) is 4.79 Å². The number of hydrogen-bond donors (Lipinski definition) is 2. The molecule has 1 heterocycles. The number of aliphatic hydroxyl groups is 1. The van der Waals surface area contributed by atoms with Crippen molar-refractivity contribution in [2.45, 2.75) is 25.9 Å². The van der Waals surface area contributed by atoms with Crippen LogP contribution in [0.15, 0.2) is 24.3 Å². The van der Waals surface area contributed by atoms with E-state index in [-0.39, 0.29) is 6.42 Å². The summed E-state index contributed by atoms with van der Waals surface area (Å²) in [6.07, 6.45) is 0.281. The molecule has 4 nitrogen and oxygen atoms in total. The quantitative estimate of drug-likeness (QED) is 0.821. The van der Waals surface area contributed by atoms with Gasteiger partial charge in [0.25, 0.3) is 0 Å². The van der Waals surface area contributed by atoms with Crippen LogP contribution in [0, 0.1) is 5.41 Å². The highest BCUT2D eigenvalue weighted by atomic mass is 16.5. The molecule has 17 heavy (non-hydrogen) atoms. The predicted molar refractivity (Wildman–Crippen MR) is 61.9 cm³/mol. The predicted octanol–water partition coefficient (Wildman–Crippen LogP) is 1.77. The second-order valence-corrected chi connectivity index (χ2v) is 4.89. The topological polar surface area (TPSA) is 66.8 Å². The van der Waals surface area contributed by atoms with E-state index >= 15 is 0 Å². The SMILES string of the molecule is CC(C)(C(=O)O)C1(O)CCOc2ccccc21. The lowest BCUT2D eigenvalue weighted by atomic mass is 9.68. The van der Waals surface area contributed by atoms with Crippen molar-refractivity contribution in [2.24, 2.45) is 5.41 Å². The van der Waals surface area contributed by atoms with Crippen LogP contribution in [-0.4, -0.2) is 22.8 Å². The summed E-state index contributed by atoms with van der Waals surface area (Å²) in [5.74, 6) is -0.452. The maximum atomic E-state index is 11.3. The van der Waals surface area contributed by atoms with Crippen LogP contribution in [-0.2, 0) is 10.4 Å². The van der Waals surface area contributed by atoms with Gasteiger partial charge in [-0.25, -0.2) is 0 Å². The Balaban J connectivity index is 2.57. The molecule has 1 aliphatic rings. The molecule has 1 aromatic carbocycles. The zero-order chi connectivity index (χ0) is 12.7. The Kier molecular flexibility index (Phi) is 2.62. The number of carbonyl (C=O) groups is 1. The highest BCUT2D eigenvalue weighted by Gasteiger charge is 2.52. The molecule has 0 aromatic heterocycles. The zero-order valence-corrected chi connectivity index (χ0v) is 9.93. The molecule has 0 aliphatic carbocycles. The standard InChI is InChI=1S/C13H16O4/c1-12(2,11(14)15)13(16)7-8-17-10-6-4-3-5-9(10)13/h3-6,16H,7-8H2,1-2H3,(H,14,15). The Morgan fingerprint density at radius 1 is 1.41 bits per heavy atom. The van der Waals surface area contributed by atoms with E-state index in [2.05, 4.69) is 0 Å². The minimum Gasteiger partial charge on any atom is -0.493 e. The lowest BCUT2D eigenvalue weighted by Crippen LogP contribution is -2.49. The minimum atomic E-state index is -1.40. The first-order chi connectivity index (χ1) is 7.89. The van der Waals surface area contributed by atoms with E-state index in [1.165, 1.54) is 13.8 Å². The van der Waals surface area contributed by atoms with Gasteiger partial charge in [0.2, 0.25) is 0 Å². The molecule has 2 N–H and O–H groups in total. The fourth-order valence-electron chi connectivity index (χ4n) is 2.20. The molecule has 4 heteroatoms. The maximum Gasteiger partial charge on any atom is 0.312 e. The number of aliphatic carboxylic acids is 1. The summed E-state index contributed by atoms with van der Waals surface area (Å²) in [7, 11) is 0. The number of ether oxygens (including phenoxy) is 1. The van der Waals surface area contributed by atoms with Gasteiger partial charge in [0.15, 0.2) is 0 Å². The molecule has 0 saturated carbocycles. The van der Waals surface area contributed by atoms with Crippen LogP contribution in [0.2, 0.25) is 0 Å². The van der Waals surface area contributed by atoms with Gasteiger partial charge in [0.05, 0.1) is 12.0 Å². The first kappa shape index (κ1) is 11.9. The fraction of sp³-hybridized carbons (Fsp3) is 0.462. The molecule has 1 unspecified atom stereocenters. The van der Waals surface area contributed by atoms with E-state index in [0.717, 1.165) is 0 Å². The lowest BCUT2D eigenvalue weighted by molar-refractivity contribution is -0.170. The molecule has 1 atom stereocenters. The molecule has 1 aliphatic heterocycles. The van der Waals surface area contributed by atoms with Crippen molar-refractivity contribution in [1.82, 2.24) is 0 Å². The lowest BCUT2D eigenvalue weighted by Gasteiger charge is -2.43. The summed E-state index contributed by atoms with van der Waals surface area (Å²) in [6, 6.07) is 7.05. The van der Waals surface area contributed by atoms with Gasteiger partial charge in [0.1, 0.15) is 11.4 Å². The van der Waals surface area contributed by atoms with Crippen molar-refractivity contribution in [1.29, 1.82) is 0 Å². The molecule has 2 rings (SSSR count). The average Bonchev–Trinajstić information content (AvgIpc) is 2.29. The Morgan fingerprint density at radius 3 is 2.71 bits per heavy atom. The van der Waals surface area contributed by atoms with Crippen molar-refractivity contribution in [3.63, 3.8) is 0 Å². The number of benzene rings is 1. The first-order valence-electron chi connectivity index (χ1n) is 5.58. The molecular formula is C13H16O4. The smallest absolute Gasteiger partial charge is 0.312 e. The Labute approximate surface area is 99.8 Å². The number of rotatable bonds is 2. The molecular weight excluding hydrogens is 220 g/mol. The minimum absolute atomic E-state index is 0.281. The molecule has 92 valence electrons. The largest absolute Gasteiger partial charge is 0.493 e. The monoisotopic (exact) mass is 236 g/mol. The summed E-state index contributed by atoms with van der Waals surface area (Å²) >= 11 is 0. The molecule has 0 saturated heterocycles. The molecule has 0 spiro atoms. The summed E-state index contributed by atoms with van der Waals surface area (Å²) in [6.45, 7) is 3.40. The summed E-state index contributed by atoms with van der Waals surface area (Å²) in [5, 5.41) is 20.0. The fourth-order valence-corrected chi connectivity index (χ4v) is 2.20. The molecule has 0 fully saturated rings. The second-order valence-electron chi connectivity index (χ2n) is 4.89. The third kappa shape index (κ3) is 1.60. The van der Waals surface area contributed by atoms with E-state index in [9.17, 15) is 15.0 Å². The third-order valence-corrected chi connectivity index (χ3v) is 3.62.